The minimum atomic E-state index is 0.181. The molecule has 2 heteroatoms. The zero-order valence-electron chi connectivity index (χ0n) is 11.4. The average molecular weight is 233 g/mol. The van der Waals surface area contributed by atoms with Crippen LogP contribution in [0.4, 0.5) is 5.69 Å². The van der Waals surface area contributed by atoms with Gasteiger partial charge in [0.2, 0.25) is 0 Å². The normalized spacial score (nSPS) is 17.0. The van der Waals surface area contributed by atoms with Gasteiger partial charge in [0.05, 0.1) is 6.61 Å². The molecule has 1 aromatic rings. The summed E-state index contributed by atoms with van der Waals surface area (Å²) in [6, 6.07) is 4.39. The minimum Gasteiger partial charge on any atom is -0.396 e. The van der Waals surface area contributed by atoms with E-state index in [-0.39, 0.29) is 5.41 Å². The fourth-order valence-corrected chi connectivity index (χ4v) is 2.49. The molecule has 0 heterocycles. The molecule has 2 rings (SSSR count). The molecule has 1 aliphatic rings. The maximum atomic E-state index is 9.39. The highest BCUT2D eigenvalue weighted by Gasteiger charge is 2.42. The van der Waals surface area contributed by atoms with Gasteiger partial charge in [-0.3, -0.25) is 0 Å². The Morgan fingerprint density at radius 2 is 1.82 bits per heavy atom. The third-order valence-corrected chi connectivity index (χ3v) is 4.31. The predicted molar refractivity (Wildman–Crippen MR) is 72.7 cm³/mol. The molecule has 0 aromatic heterocycles. The van der Waals surface area contributed by atoms with E-state index in [1.54, 1.807) is 0 Å². The zero-order valence-corrected chi connectivity index (χ0v) is 11.4. The van der Waals surface area contributed by atoms with Gasteiger partial charge in [0, 0.05) is 24.7 Å². The number of hydrogen-bond donors (Lipinski definition) is 1. The number of hydrogen-bond acceptors (Lipinski definition) is 2. The third-order valence-electron chi connectivity index (χ3n) is 4.31. The molecule has 0 saturated heterocycles. The van der Waals surface area contributed by atoms with Crippen LogP contribution in [-0.4, -0.2) is 25.3 Å². The summed E-state index contributed by atoms with van der Waals surface area (Å²) in [5, 5.41) is 9.39. The smallest absolute Gasteiger partial charge is 0.0504 e. The number of aliphatic hydroxyl groups excluding tert-OH is 1. The van der Waals surface area contributed by atoms with E-state index in [2.05, 4.69) is 44.9 Å². The fraction of sp³-hybridized carbons (Fsp3) is 0.600. The molecule has 0 unspecified atom stereocenters. The van der Waals surface area contributed by atoms with Gasteiger partial charge in [0.15, 0.2) is 0 Å². The Morgan fingerprint density at radius 1 is 1.18 bits per heavy atom. The summed E-state index contributed by atoms with van der Waals surface area (Å²) in [7, 11) is 2.13. The van der Waals surface area contributed by atoms with E-state index in [4.69, 9.17) is 0 Å². The van der Waals surface area contributed by atoms with Crippen molar-refractivity contribution in [3.63, 3.8) is 0 Å². The molecule has 1 aliphatic carbocycles. The lowest BCUT2D eigenvalue weighted by molar-refractivity contribution is 0.215. The van der Waals surface area contributed by atoms with Gasteiger partial charge in [0.1, 0.15) is 0 Å². The van der Waals surface area contributed by atoms with Crippen molar-refractivity contribution in [1.82, 2.24) is 0 Å². The van der Waals surface area contributed by atoms with Crippen molar-refractivity contribution >= 4 is 5.69 Å². The van der Waals surface area contributed by atoms with Crippen molar-refractivity contribution < 1.29 is 5.11 Å². The second-order valence-corrected chi connectivity index (χ2v) is 5.67. The number of aliphatic hydroxyl groups is 1. The summed E-state index contributed by atoms with van der Waals surface area (Å²) in [4.78, 5) is 2.30. The summed E-state index contributed by atoms with van der Waals surface area (Å²) in [5.41, 5.74) is 5.57. The van der Waals surface area contributed by atoms with Gasteiger partial charge >= 0.3 is 0 Å². The molecule has 0 spiro atoms. The summed E-state index contributed by atoms with van der Waals surface area (Å²) >= 11 is 0. The molecule has 94 valence electrons. The Kier molecular flexibility index (Phi) is 3.17. The van der Waals surface area contributed by atoms with E-state index in [9.17, 15) is 5.11 Å². The van der Waals surface area contributed by atoms with Crippen molar-refractivity contribution in [3.05, 3.63) is 28.8 Å². The Balaban J connectivity index is 2.19. The molecule has 1 N–H and O–H groups in total. The van der Waals surface area contributed by atoms with Crippen molar-refractivity contribution in [2.45, 2.75) is 33.6 Å². The third kappa shape index (κ3) is 2.32. The highest BCUT2D eigenvalue weighted by atomic mass is 16.3. The number of rotatable bonds is 4. The quantitative estimate of drug-likeness (QED) is 0.864. The second kappa shape index (κ2) is 4.34. The van der Waals surface area contributed by atoms with E-state index < -0.39 is 0 Å². The highest BCUT2D eigenvalue weighted by molar-refractivity contribution is 5.57. The van der Waals surface area contributed by atoms with Crippen LogP contribution < -0.4 is 4.90 Å². The van der Waals surface area contributed by atoms with Gasteiger partial charge in [0.25, 0.3) is 0 Å². The van der Waals surface area contributed by atoms with Crippen LogP contribution in [0.3, 0.4) is 0 Å². The highest BCUT2D eigenvalue weighted by Crippen LogP contribution is 2.46. The number of aryl methyl sites for hydroxylation is 1. The van der Waals surface area contributed by atoms with Crippen molar-refractivity contribution in [1.29, 1.82) is 0 Å². The van der Waals surface area contributed by atoms with E-state index >= 15 is 0 Å². The van der Waals surface area contributed by atoms with E-state index in [1.165, 1.54) is 22.4 Å². The maximum Gasteiger partial charge on any atom is 0.0504 e. The van der Waals surface area contributed by atoms with Crippen molar-refractivity contribution in [3.8, 4) is 0 Å². The first kappa shape index (κ1) is 12.4. The van der Waals surface area contributed by atoms with Crippen LogP contribution in [-0.2, 0) is 0 Å². The molecule has 2 nitrogen and oxygen atoms in total. The SMILES string of the molecule is Cc1ccc(N(C)CC2(CO)CC2)c(C)c1C. The predicted octanol–water partition coefficient (Wildman–Crippen LogP) is 2.82. The van der Waals surface area contributed by atoms with E-state index in [0.717, 1.165) is 19.4 Å². The summed E-state index contributed by atoms with van der Waals surface area (Å²) < 4.78 is 0. The van der Waals surface area contributed by atoms with Crippen LogP contribution in [0.1, 0.15) is 29.5 Å². The first-order valence-corrected chi connectivity index (χ1v) is 6.38. The topological polar surface area (TPSA) is 23.5 Å². The molecule has 1 saturated carbocycles. The molecule has 0 radical (unpaired) electrons. The Labute approximate surface area is 104 Å². The Bertz CT molecular complexity index is 421. The van der Waals surface area contributed by atoms with Crippen molar-refractivity contribution in [2.24, 2.45) is 5.41 Å². The maximum absolute atomic E-state index is 9.39. The Morgan fingerprint density at radius 3 is 2.35 bits per heavy atom. The van der Waals surface area contributed by atoms with Crippen LogP contribution in [0.25, 0.3) is 0 Å². The summed E-state index contributed by atoms with van der Waals surface area (Å²) in [6.07, 6.45) is 2.33. The first-order chi connectivity index (χ1) is 7.99. The largest absolute Gasteiger partial charge is 0.396 e. The van der Waals surface area contributed by atoms with Gasteiger partial charge < -0.3 is 10.0 Å². The van der Waals surface area contributed by atoms with Crippen LogP contribution in [0.2, 0.25) is 0 Å². The lowest BCUT2D eigenvalue weighted by Crippen LogP contribution is -2.29. The molecular formula is C15H23NO. The monoisotopic (exact) mass is 233 g/mol. The molecule has 0 atom stereocenters. The summed E-state index contributed by atoms with van der Waals surface area (Å²) in [5.74, 6) is 0. The molecular weight excluding hydrogens is 210 g/mol. The van der Waals surface area contributed by atoms with Crippen molar-refractivity contribution in [2.75, 3.05) is 25.1 Å². The molecule has 0 bridgehead atoms. The minimum absolute atomic E-state index is 0.181. The molecule has 0 aliphatic heterocycles. The van der Waals surface area contributed by atoms with Crippen LogP contribution >= 0.6 is 0 Å². The van der Waals surface area contributed by atoms with Gasteiger partial charge in [-0.05, 0) is 56.4 Å². The van der Waals surface area contributed by atoms with Gasteiger partial charge in [-0.15, -0.1) is 0 Å². The first-order valence-electron chi connectivity index (χ1n) is 6.38. The zero-order chi connectivity index (χ0) is 12.6. The van der Waals surface area contributed by atoms with E-state index in [0.29, 0.717) is 6.61 Å². The lowest BCUT2D eigenvalue weighted by atomic mass is 10.0. The van der Waals surface area contributed by atoms with E-state index in [1.807, 2.05) is 0 Å². The Hall–Kier alpha value is -1.02. The summed E-state index contributed by atoms with van der Waals surface area (Å²) in [6.45, 7) is 7.81. The van der Waals surface area contributed by atoms with Crippen LogP contribution in [0, 0.1) is 26.2 Å². The van der Waals surface area contributed by atoms with Gasteiger partial charge in [-0.25, -0.2) is 0 Å². The molecule has 1 aromatic carbocycles. The molecule has 0 amide bonds. The number of anilines is 1. The van der Waals surface area contributed by atoms with Gasteiger partial charge in [-0.1, -0.05) is 6.07 Å². The van der Waals surface area contributed by atoms with Crippen LogP contribution in [0.15, 0.2) is 12.1 Å². The fourth-order valence-electron chi connectivity index (χ4n) is 2.49. The molecule has 17 heavy (non-hydrogen) atoms. The lowest BCUT2D eigenvalue weighted by Gasteiger charge is -2.27. The molecule has 1 fully saturated rings. The average Bonchev–Trinajstić information content (AvgIpc) is 3.06. The van der Waals surface area contributed by atoms with Gasteiger partial charge in [-0.2, -0.15) is 0 Å². The van der Waals surface area contributed by atoms with Crippen LogP contribution in [0.5, 0.6) is 0 Å². The second-order valence-electron chi connectivity index (χ2n) is 5.67. The number of nitrogens with zero attached hydrogens (tertiary/aromatic N) is 1. The number of benzene rings is 1. The standard InChI is InChI=1S/C15H23NO/c1-11-5-6-14(13(3)12(11)2)16(4)9-15(10-17)7-8-15/h5-6,17H,7-10H2,1-4H3.